The van der Waals surface area contributed by atoms with Gasteiger partial charge >= 0.3 is 0 Å². The molecule has 7 heteroatoms. The molecule has 6 nitrogen and oxygen atoms in total. The van der Waals surface area contributed by atoms with Crippen molar-refractivity contribution in [3.63, 3.8) is 0 Å². The molecule has 2 aromatic rings. The molecule has 3 N–H and O–H groups in total. The second-order valence-electron chi connectivity index (χ2n) is 4.52. The number of amides is 2. The maximum Gasteiger partial charge on any atom is 0.286 e. The lowest BCUT2D eigenvalue weighted by Gasteiger charge is -2.06. The summed E-state index contributed by atoms with van der Waals surface area (Å²) in [6.07, 6.45) is 1.62. The van der Waals surface area contributed by atoms with Gasteiger partial charge in [-0.25, -0.2) is 0 Å². The number of carbonyl (C=O) groups excluding carboxylic acids is 3. The molecule has 2 rings (SSSR count). The van der Waals surface area contributed by atoms with Gasteiger partial charge in [-0.15, -0.1) is 0 Å². The molecule has 0 unspecified atom stereocenters. The van der Waals surface area contributed by atoms with Crippen LogP contribution in [0.5, 0.6) is 0 Å². The van der Waals surface area contributed by atoms with Crippen LogP contribution >= 0.6 is 11.6 Å². The van der Waals surface area contributed by atoms with Crippen molar-refractivity contribution in [1.82, 2.24) is 15.8 Å². The maximum absolute atomic E-state index is 11.9. The molecule has 1 heterocycles. The molecule has 0 aliphatic carbocycles. The molecule has 1 aromatic heterocycles. The van der Waals surface area contributed by atoms with Crippen molar-refractivity contribution in [2.24, 2.45) is 0 Å². The van der Waals surface area contributed by atoms with E-state index in [2.05, 4.69) is 15.8 Å². The van der Waals surface area contributed by atoms with Gasteiger partial charge in [0.25, 0.3) is 5.91 Å². The third-order valence-corrected chi connectivity index (χ3v) is 3.16. The van der Waals surface area contributed by atoms with E-state index in [0.717, 1.165) is 0 Å². The number of rotatable bonds is 5. The molecule has 0 saturated carbocycles. The summed E-state index contributed by atoms with van der Waals surface area (Å²) in [5.74, 6) is -1.06. The zero-order valence-electron chi connectivity index (χ0n) is 11.6. The van der Waals surface area contributed by atoms with Crippen molar-refractivity contribution in [2.45, 2.75) is 12.8 Å². The number of aromatic nitrogens is 1. The van der Waals surface area contributed by atoms with E-state index in [1.807, 2.05) is 0 Å². The average Bonchev–Trinajstić information content (AvgIpc) is 3.05. The number of nitrogens with one attached hydrogen (secondary N) is 3. The van der Waals surface area contributed by atoms with Crippen LogP contribution < -0.4 is 10.9 Å². The van der Waals surface area contributed by atoms with Crippen LogP contribution in [0.4, 0.5) is 0 Å². The number of hydrogen-bond donors (Lipinski definition) is 3. The second-order valence-corrected chi connectivity index (χ2v) is 4.95. The van der Waals surface area contributed by atoms with Crippen molar-refractivity contribution in [1.29, 1.82) is 0 Å². The summed E-state index contributed by atoms with van der Waals surface area (Å²) in [7, 11) is 0. The Balaban J connectivity index is 1.74. The van der Waals surface area contributed by atoms with Gasteiger partial charge < -0.3 is 4.98 Å². The number of Topliss-reactive ketones (excluding diaryl/α,β-unsaturated/α-hetero) is 1. The molecule has 114 valence electrons. The number of hydrogen-bond acceptors (Lipinski definition) is 3. The molecule has 0 aliphatic rings. The van der Waals surface area contributed by atoms with Gasteiger partial charge in [-0.1, -0.05) is 11.6 Å². The zero-order valence-corrected chi connectivity index (χ0v) is 12.3. The highest BCUT2D eigenvalue weighted by Gasteiger charge is 2.11. The fourth-order valence-corrected chi connectivity index (χ4v) is 1.86. The number of ketones is 1. The summed E-state index contributed by atoms with van der Waals surface area (Å²) in [4.78, 5) is 37.7. The second kappa shape index (κ2) is 7.42. The van der Waals surface area contributed by atoms with E-state index in [9.17, 15) is 14.4 Å². The first kappa shape index (κ1) is 15.8. The zero-order chi connectivity index (χ0) is 15.9. The average molecular weight is 320 g/mol. The first-order chi connectivity index (χ1) is 10.6. The highest BCUT2D eigenvalue weighted by Crippen LogP contribution is 2.11. The third-order valence-electron chi connectivity index (χ3n) is 2.90. The predicted molar refractivity (Wildman–Crippen MR) is 81.4 cm³/mol. The van der Waals surface area contributed by atoms with E-state index in [4.69, 9.17) is 11.6 Å². The number of benzene rings is 1. The van der Waals surface area contributed by atoms with Crippen LogP contribution in [0.1, 0.15) is 33.7 Å². The van der Waals surface area contributed by atoms with E-state index >= 15 is 0 Å². The highest BCUT2D eigenvalue weighted by atomic mass is 35.5. The molecule has 22 heavy (non-hydrogen) atoms. The largest absolute Gasteiger partial charge is 0.357 e. The Hall–Kier alpha value is -2.60. The van der Waals surface area contributed by atoms with Crippen LogP contribution in [0.2, 0.25) is 5.02 Å². The van der Waals surface area contributed by atoms with Crippen LogP contribution in [0, 0.1) is 0 Å². The van der Waals surface area contributed by atoms with Crippen molar-refractivity contribution >= 4 is 29.2 Å². The number of aromatic amines is 1. The fourth-order valence-electron chi connectivity index (χ4n) is 1.74. The molecule has 1 aromatic carbocycles. The van der Waals surface area contributed by atoms with E-state index < -0.39 is 11.8 Å². The standard InChI is InChI=1S/C15H14ClN3O3/c16-11-5-3-10(4-6-11)13(20)7-8-14(21)18-19-15(22)12-2-1-9-17-12/h1-6,9,17H,7-8H2,(H,18,21)(H,19,22). The Kier molecular flexibility index (Phi) is 5.32. The lowest BCUT2D eigenvalue weighted by molar-refractivity contribution is -0.121. The van der Waals surface area contributed by atoms with Crippen LogP contribution in [0.3, 0.4) is 0 Å². The van der Waals surface area contributed by atoms with Gasteiger partial charge in [-0.05, 0) is 36.4 Å². The normalized spacial score (nSPS) is 10.0. The summed E-state index contributed by atoms with van der Waals surface area (Å²) >= 11 is 5.74. The van der Waals surface area contributed by atoms with Crippen molar-refractivity contribution in [3.8, 4) is 0 Å². The monoisotopic (exact) mass is 319 g/mol. The third kappa shape index (κ3) is 4.46. The minimum atomic E-state index is -0.456. The molecule has 0 aliphatic heterocycles. The highest BCUT2D eigenvalue weighted by molar-refractivity contribution is 6.30. The molecule has 0 fully saturated rings. The lowest BCUT2D eigenvalue weighted by Crippen LogP contribution is -2.41. The summed E-state index contributed by atoms with van der Waals surface area (Å²) in [6, 6.07) is 9.69. The Morgan fingerprint density at radius 1 is 1.00 bits per heavy atom. The number of carbonyl (C=O) groups is 3. The number of H-pyrrole nitrogens is 1. The van der Waals surface area contributed by atoms with Gasteiger partial charge in [-0.2, -0.15) is 0 Å². The van der Waals surface area contributed by atoms with Crippen LogP contribution in [0.25, 0.3) is 0 Å². The minimum Gasteiger partial charge on any atom is -0.357 e. The van der Waals surface area contributed by atoms with Crippen molar-refractivity contribution in [3.05, 3.63) is 58.9 Å². The molecule has 0 radical (unpaired) electrons. The smallest absolute Gasteiger partial charge is 0.286 e. The summed E-state index contributed by atoms with van der Waals surface area (Å²) < 4.78 is 0. The quantitative estimate of drug-likeness (QED) is 0.582. The fraction of sp³-hybridized carbons (Fsp3) is 0.133. The molecular formula is C15H14ClN3O3. The Morgan fingerprint density at radius 3 is 2.36 bits per heavy atom. The maximum atomic E-state index is 11.9. The first-order valence-corrected chi connectivity index (χ1v) is 6.95. The SMILES string of the molecule is O=C(CCC(=O)c1ccc(Cl)cc1)NNC(=O)c1ccc[nH]1. The summed E-state index contributed by atoms with van der Waals surface area (Å²) in [6.45, 7) is 0. The first-order valence-electron chi connectivity index (χ1n) is 6.57. The van der Waals surface area contributed by atoms with E-state index in [0.29, 0.717) is 16.3 Å². The van der Waals surface area contributed by atoms with Gasteiger partial charge in [-0.3, -0.25) is 25.2 Å². The summed E-state index contributed by atoms with van der Waals surface area (Å²) in [5.41, 5.74) is 5.34. The minimum absolute atomic E-state index is 0.0214. The van der Waals surface area contributed by atoms with Crippen molar-refractivity contribution < 1.29 is 14.4 Å². The van der Waals surface area contributed by atoms with Gasteiger partial charge in [0.1, 0.15) is 5.69 Å². The van der Waals surface area contributed by atoms with Gasteiger partial charge in [0.15, 0.2) is 5.78 Å². The number of halogens is 1. The molecule has 2 amide bonds. The van der Waals surface area contributed by atoms with Crippen molar-refractivity contribution in [2.75, 3.05) is 0 Å². The molecule has 0 bridgehead atoms. The summed E-state index contributed by atoms with van der Waals surface area (Å²) in [5, 5.41) is 0.543. The van der Waals surface area contributed by atoms with Crippen LogP contribution in [0.15, 0.2) is 42.6 Å². The van der Waals surface area contributed by atoms with Gasteiger partial charge in [0.2, 0.25) is 5.91 Å². The van der Waals surface area contributed by atoms with Crippen LogP contribution in [-0.2, 0) is 4.79 Å². The van der Waals surface area contributed by atoms with E-state index in [1.54, 1.807) is 42.6 Å². The van der Waals surface area contributed by atoms with Crippen LogP contribution in [-0.4, -0.2) is 22.6 Å². The van der Waals surface area contributed by atoms with E-state index in [1.165, 1.54) is 0 Å². The topological polar surface area (TPSA) is 91.1 Å². The molecule has 0 saturated heterocycles. The molecule has 0 spiro atoms. The Morgan fingerprint density at radius 2 is 1.73 bits per heavy atom. The number of hydrazine groups is 1. The Labute approximate surface area is 131 Å². The molecular weight excluding hydrogens is 306 g/mol. The molecule has 0 atom stereocenters. The van der Waals surface area contributed by atoms with E-state index in [-0.39, 0.29) is 18.6 Å². The van der Waals surface area contributed by atoms with Gasteiger partial charge in [0.05, 0.1) is 0 Å². The lowest BCUT2D eigenvalue weighted by atomic mass is 10.1. The predicted octanol–water partition coefficient (Wildman–Crippen LogP) is 2.09. The Bertz CT molecular complexity index is 666. The van der Waals surface area contributed by atoms with Gasteiger partial charge in [0, 0.05) is 29.6 Å².